The Morgan fingerprint density at radius 2 is 0.778 bits per heavy atom. The molecule has 0 spiro atoms. The molecule has 0 aliphatic heterocycles. The molecule has 0 atom stereocenters. The summed E-state index contributed by atoms with van der Waals surface area (Å²) < 4.78 is 0. The summed E-state index contributed by atoms with van der Waals surface area (Å²) in [5.74, 6) is 0. The van der Waals surface area contributed by atoms with Gasteiger partial charge >= 0.3 is 37.9 Å². The first kappa shape index (κ1) is 24.6. The predicted molar refractivity (Wildman–Crippen MR) is 92.8 cm³/mol. The molecule has 0 bridgehead atoms. The minimum atomic E-state index is -0.826. The molecule has 0 N–H and O–H groups in total. The van der Waals surface area contributed by atoms with Crippen LogP contribution in [0.5, 0.6) is 0 Å². The average Bonchev–Trinajstić information content (AvgIpc) is 2.47. The van der Waals surface area contributed by atoms with Gasteiger partial charge in [-0.1, -0.05) is 36.5 Å². The Labute approximate surface area is 135 Å². The van der Waals surface area contributed by atoms with E-state index in [9.17, 15) is 0 Å². The molecule has 1 radical (unpaired) electrons. The van der Waals surface area contributed by atoms with Crippen LogP contribution in [0.15, 0.2) is 36.5 Å². The molecule has 0 aromatic carbocycles. The maximum atomic E-state index is 4.93. The van der Waals surface area contributed by atoms with Crippen molar-refractivity contribution in [3.63, 3.8) is 0 Å². The van der Waals surface area contributed by atoms with Crippen LogP contribution >= 0.6 is 32.9 Å². The van der Waals surface area contributed by atoms with E-state index < -0.39 is 20.8 Å². The van der Waals surface area contributed by atoms with Crippen LogP contribution in [0.2, 0.25) is 0 Å². The zero-order valence-corrected chi connectivity index (χ0v) is 18.0. The Balaban J connectivity index is -0.000000180. The number of allylic oxidation sites excluding steroid dienone is 6. The molecule has 0 fully saturated rings. The van der Waals surface area contributed by atoms with Crippen molar-refractivity contribution >= 4 is 32.9 Å². The van der Waals surface area contributed by atoms with Crippen LogP contribution in [0, 0.1) is 6.42 Å². The Bertz CT molecular complexity index is 190. The zero-order chi connectivity index (χ0) is 14.8. The van der Waals surface area contributed by atoms with E-state index in [4.69, 9.17) is 17.0 Å². The van der Waals surface area contributed by atoms with Gasteiger partial charge in [0.1, 0.15) is 0 Å². The summed E-state index contributed by atoms with van der Waals surface area (Å²) in [6.07, 6.45) is 14.0. The van der Waals surface area contributed by atoms with E-state index in [2.05, 4.69) is 40.0 Å². The van der Waals surface area contributed by atoms with Crippen molar-refractivity contribution in [2.45, 2.75) is 0 Å². The van der Waals surface area contributed by atoms with Crippen LogP contribution < -0.4 is 0 Å². The van der Waals surface area contributed by atoms with Crippen molar-refractivity contribution < 1.29 is 20.8 Å². The predicted octanol–water partition coefficient (Wildman–Crippen LogP) is 5.96. The maximum absolute atomic E-state index is 4.93. The van der Waals surface area contributed by atoms with Gasteiger partial charge in [-0.2, -0.15) is 0 Å². The Kier molecular flexibility index (Phi) is 32.2. The molecular formula is C13H25Cl2P2Zr. The molecule has 1 aliphatic rings. The monoisotopic (exact) mass is 403 g/mol. The van der Waals surface area contributed by atoms with Crippen LogP contribution in [0.3, 0.4) is 0 Å². The van der Waals surface area contributed by atoms with E-state index in [0.717, 1.165) is 0 Å². The molecule has 0 saturated heterocycles. The molecular weight excluding hydrogens is 380 g/mol. The van der Waals surface area contributed by atoms with Crippen molar-refractivity contribution in [3.05, 3.63) is 42.9 Å². The second-order valence-electron chi connectivity index (χ2n) is 4.10. The first-order valence-electron chi connectivity index (χ1n) is 5.39. The van der Waals surface area contributed by atoms with Gasteiger partial charge in [0.2, 0.25) is 0 Å². The van der Waals surface area contributed by atoms with Gasteiger partial charge in [-0.15, -0.1) is 15.8 Å². The molecule has 1 rings (SSSR count). The van der Waals surface area contributed by atoms with Crippen LogP contribution in [-0.2, 0) is 20.8 Å². The van der Waals surface area contributed by atoms with Crippen LogP contribution in [0.1, 0.15) is 0 Å². The number of rotatable bonds is 0. The van der Waals surface area contributed by atoms with Crippen molar-refractivity contribution in [3.8, 4) is 0 Å². The third kappa shape index (κ3) is 65.8. The molecule has 0 aromatic heterocycles. The summed E-state index contributed by atoms with van der Waals surface area (Å²) in [6.45, 7) is 13.4. The van der Waals surface area contributed by atoms with E-state index in [1.54, 1.807) is 0 Å². The third-order valence-electron chi connectivity index (χ3n) is 0.778. The summed E-state index contributed by atoms with van der Waals surface area (Å²) in [5, 5.41) is 0. The van der Waals surface area contributed by atoms with E-state index in [1.807, 2.05) is 42.9 Å². The minimum absolute atomic E-state index is 0.380. The number of hydrogen-bond donors (Lipinski definition) is 0. The fourth-order valence-corrected chi connectivity index (χ4v) is 0.449. The van der Waals surface area contributed by atoms with Crippen LogP contribution in [0.25, 0.3) is 0 Å². The molecule has 0 amide bonds. The Morgan fingerprint density at radius 3 is 1.00 bits per heavy atom. The van der Waals surface area contributed by atoms with Crippen LogP contribution in [-0.4, -0.2) is 40.0 Å². The van der Waals surface area contributed by atoms with Crippen LogP contribution in [0.4, 0.5) is 0 Å². The second kappa shape index (κ2) is 23.6. The molecule has 1 aliphatic carbocycles. The summed E-state index contributed by atoms with van der Waals surface area (Å²) in [7, 11) is 10.6. The fraction of sp³-hybridized carbons (Fsp3) is 0.462. The van der Waals surface area contributed by atoms with Gasteiger partial charge in [0.15, 0.2) is 0 Å². The summed E-state index contributed by atoms with van der Waals surface area (Å²) in [4.78, 5) is 0. The normalized spacial score (nSPS) is 11.4. The van der Waals surface area contributed by atoms with Crippen molar-refractivity contribution in [1.82, 2.24) is 0 Å². The molecule has 0 aromatic rings. The van der Waals surface area contributed by atoms with Gasteiger partial charge in [-0.3, -0.25) is 0 Å². The van der Waals surface area contributed by atoms with Gasteiger partial charge in [0, 0.05) is 6.42 Å². The molecule has 0 heterocycles. The van der Waals surface area contributed by atoms with Gasteiger partial charge in [0.25, 0.3) is 0 Å². The zero-order valence-electron chi connectivity index (χ0n) is 12.2. The first-order chi connectivity index (χ1) is 8.38. The SMILES string of the molecule is CP(C)C.CP(C)C.[CH]1C=CC=CC=C1.[Cl][Zr][Cl]. The quantitative estimate of drug-likeness (QED) is 0.436. The van der Waals surface area contributed by atoms with Gasteiger partial charge in [0.05, 0.1) is 0 Å². The standard InChI is InChI=1S/C7H7.2C3H9P.2ClH.Zr/c1-2-4-6-7-5-3-1;2*1-4(2)3;;;/h1-7H;2*1-3H3;2*1H;/q;;;;;+2/p-2. The fourth-order valence-electron chi connectivity index (χ4n) is 0.449. The van der Waals surface area contributed by atoms with Gasteiger partial charge in [-0.25, -0.2) is 0 Å². The molecule has 5 heteroatoms. The summed E-state index contributed by atoms with van der Waals surface area (Å²) in [5.41, 5.74) is 0. The van der Waals surface area contributed by atoms with Crippen molar-refractivity contribution in [2.75, 3.05) is 40.0 Å². The summed E-state index contributed by atoms with van der Waals surface area (Å²) >= 11 is -0.826. The topological polar surface area (TPSA) is 0 Å². The third-order valence-corrected chi connectivity index (χ3v) is 0.778. The number of hydrogen-bond acceptors (Lipinski definition) is 0. The van der Waals surface area contributed by atoms with Crippen molar-refractivity contribution in [1.29, 1.82) is 0 Å². The number of halogens is 2. The Morgan fingerprint density at radius 1 is 0.611 bits per heavy atom. The van der Waals surface area contributed by atoms with E-state index in [-0.39, 0.29) is 0 Å². The first-order valence-corrected chi connectivity index (χ1v) is 17.1. The summed E-state index contributed by atoms with van der Waals surface area (Å²) in [6, 6.07) is 0. The molecule has 0 unspecified atom stereocenters. The average molecular weight is 405 g/mol. The van der Waals surface area contributed by atoms with E-state index in [1.165, 1.54) is 0 Å². The molecule has 0 nitrogen and oxygen atoms in total. The van der Waals surface area contributed by atoms with E-state index >= 15 is 0 Å². The molecule has 18 heavy (non-hydrogen) atoms. The van der Waals surface area contributed by atoms with Crippen molar-refractivity contribution in [2.24, 2.45) is 0 Å². The van der Waals surface area contributed by atoms with E-state index in [0.29, 0.717) is 15.8 Å². The molecule has 105 valence electrons. The van der Waals surface area contributed by atoms with Gasteiger partial charge in [-0.05, 0) is 40.0 Å². The second-order valence-corrected chi connectivity index (χ2v) is 13.2. The van der Waals surface area contributed by atoms with Gasteiger partial charge < -0.3 is 0 Å². The Hall–Kier alpha value is 1.54. The molecule has 0 saturated carbocycles.